The lowest BCUT2D eigenvalue weighted by Crippen LogP contribution is -2.55. The van der Waals surface area contributed by atoms with E-state index in [1.54, 1.807) is 60.7 Å². The van der Waals surface area contributed by atoms with Crippen molar-refractivity contribution in [2.75, 3.05) is 0 Å². The predicted molar refractivity (Wildman–Crippen MR) is 114 cm³/mol. The van der Waals surface area contributed by atoms with Crippen molar-refractivity contribution in [1.82, 2.24) is 10.4 Å². The molecule has 3 rings (SSSR count). The van der Waals surface area contributed by atoms with E-state index in [1.165, 1.54) is 5.01 Å². The van der Waals surface area contributed by atoms with Gasteiger partial charge < -0.3 is 4.42 Å². The van der Waals surface area contributed by atoms with Gasteiger partial charge in [0.2, 0.25) is 0 Å². The van der Waals surface area contributed by atoms with Gasteiger partial charge in [0.1, 0.15) is 5.76 Å². The third-order valence-electron chi connectivity index (χ3n) is 4.14. The molecule has 7 heteroatoms. The third kappa shape index (κ3) is 5.00. The topological polar surface area (TPSA) is 62.6 Å². The summed E-state index contributed by atoms with van der Waals surface area (Å²) in [5, 5.41) is 2.42. The zero-order chi connectivity index (χ0) is 21.2. The lowest BCUT2D eigenvalue weighted by molar-refractivity contribution is 0.0349. The smallest absolute Gasteiger partial charge is 0.305 e. The monoisotopic (exact) mass is 430 g/mol. The van der Waals surface area contributed by atoms with E-state index in [9.17, 15) is 9.59 Å². The van der Waals surface area contributed by atoms with Crippen LogP contribution >= 0.6 is 23.2 Å². The van der Waals surface area contributed by atoms with Gasteiger partial charge in [-0.05, 0) is 81.4 Å². The summed E-state index contributed by atoms with van der Waals surface area (Å²) in [5.41, 5.74) is 3.19. The number of halogens is 2. The molecule has 2 amide bonds. The number of benzene rings is 2. The summed E-state index contributed by atoms with van der Waals surface area (Å²) in [4.78, 5) is 25.7. The van der Waals surface area contributed by atoms with E-state index in [2.05, 4.69) is 5.43 Å². The number of carbonyl (C=O) groups excluding carboxylic acids is 2. The van der Waals surface area contributed by atoms with E-state index in [4.69, 9.17) is 27.6 Å². The summed E-state index contributed by atoms with van der Waals surface area (Å²) >= 11 is 11.8. The zero-order valence-electron chi connectivity index (χ0n) is 16.2. The average molecular weight is 431 g/mol. The van der Waals surface area contributed by atoms with Gasteiger partial charge in [-0.15, -0.1) is 0 Å². The SMILES string of the molecule is CC(C)(C)N(NC(=O)c1ccc(-c2ccc(Cl)cc2)o1)C(=O)c1ccc(Cl)cc1. The second kappa shape index (κ2) is 8.31. The first-order valence-electron chi connectivity index (χ1n) is 8.92. The van der Waals surface area contributed by atoms with E-state index in [1.807, 2.05) is 20.8 Å². The number of furan rings is 1. The summed E-state index contributed by atoms with van der Waals surface area (Å²) in [6, 6.07) is 16.8. The molecule has 150 valence electrons. The second-order valence-corrected chi connectivity index (χ2v) is 8.30. The van der Waals surface area contributed by atoms with Gasteiger partial charge in [0, 0.05) is 21.2 Å². The molecule has 3 aromatic rings. The highest BCUT2D eigenvalue weighted by atomic mass is 35.5. The quantitative estimate of drug-likeness (QED) is 0.530. The Hall–Kier alpha value is -2.76. The third-order valence-corrected chi connectivity index (χ3v) is 4.64. The molecule has 0 aliphatic heterocycles. The summed E-state index contributed by atoms with van der Waals surface area (Å²) in [6.45, 7) is 5.47. The van der Waals surface area contributed by atoms with Crippen molar-refractivity contribution in [2.45, 2.75) is 26.3 Å². The maximum atomic E-state index is 13.0. The van der Waals surface area contributed by atoms with Crippen LogP contribution in [0.25, 0.3) is 11.3 Å². The second-order valence-electron chi connectivity index (χ2n) is 7.43. The van der Waals surface area contributed by atoms with Gasteiger partial charge in [0.05, 0.1) is 5.54 Å². The maximum Gasteiger partial charge on any atom is 0.305 e. The highest BCUT2D eigenvalue weighted by Crippen LogP contribution is 2.24. The van der Waals surface area contributed by atoms with Crippen molar-refractivity contribution in [3.8, 4) is 11.3 Å². The van der Waals surface area contributed by atoms with Gasteiger partial charge in [-0.1, -0.05) is 23.2 Å². The van der Waals surface area contributed by atoms with Crippen molar-refractivity contribution in [3.63, 3.8) is 0 Å². The molecular weight excluding hydrogens is 411 g/mol. The Balaban J connectivity index is 1.81. The molecule has 0 saturated carbocycles. The fourth-order valence-corrected chi connectivity index (χ4v) is 2.88. The van der Waals surface area contributed by atoms with Gasteiger partial charge in [-0.2, -0.15) is 0 Å². The number of nitrogens with one attached hydrogen (secondary N) is 1. The van der Waals surface area contributed by atoms with Gasteiger partial charge in [0.15, 0.2) is 5.76 Å². The standard InChI is InChI=1S/C22H20Cl2N2O3/c1-22(2,3)26(21(28)15-6-10-17(24)11-7-15)25-20(27)19-13-12-18(29-19)14-4-8-16(23)9-5-14/h4-13H,1-3H3,(H,25,27). The van der Waals surface area contributed by atoms with Crippen molar-refractivity contribution in [2.24, 2.45) is 0 Å². The van der Waals surface area contributed by atoms with Gasteiger partial charge in [-0.25, -0.2) is 5.01 Å². The van der Waals surface area contributed by atoms with Crippen molar-refractivity contribution < 1.29 is 14.0 Å². The fourth-order valence-electron chi connectivity index (χ4n) is 2.63. The summed E-state index contributed by atoms with van der Waals surface area (Å²) in [5.74, 6) is -0.263. The van der Waals surface area contributed by atoms with Crippen LogP contribution in [-0.2, 0) is 0 Å². The number of hydrogen-bond donors (Lipinski definition) is 1. The number of nitrogens with zero attached hydrogens (tertiary/aromatic N) is 1. The molecule has 5 nitrogen and oxygen atoms in total. The molecule has 0 spiro atoms. The number of rotatable bonds is 3. The van der Waals surface area contributed by atoms with E-state index in [0.29, 0.717) is 21.4 Å². The lowest BCUT2D eigenvalue weighted by Gasteiger charge is -2.35. The van der Waals surface area contributed by atoms with E-state index in [-0.39, 0.29) is 11.7 Å². The summed E-state index contributed by atoms with van der Waals surface area (Å²) in [7, 11) is 0. The van der Waals surface area contributed by atoms with Crippen molar-refractivity contribution in [1.29, 1.82) is 0 Å². The van der Waals surface area contributed by atoms with Crippen LogP contribution in [0.1, 0.15) is 41.7 Å². The Morgan fingerprint density at radius 3 is 1.97 bits per heavy atom. The minimum absolute atomic E-state index is 0.0908. The minimum atomic E-state index is -0.669. The largest absolute Gasteiger partial charge is 0.451 e. The number of hydrogen-bond acceptors (Lipinski definition) is 3. The lowest BCUT2D eigenvalue weighted by atomic mass is 10.1. The molecular formula is C22H20Cl2N2O3. The van der Waals surface area contributed by atoms with Crippen LogP contribution in [0.3, 0.4) is 0 Å². The molecule has 0 unspecified atom stereocenters. The predicted octanol–water partition coefficient (Wildman–Crippen LogP) is 5.84. The fraction of sp³-hybridized carbons (Fsp3) is 0.182. The van der Waals surface area contributed by atoms with Gasteiger partial charge >= 0.3 is 5.91 Å². The molecule has 1 heterocycles. The van der Waals surface area contributed by atoms with E-state index >= 15 is 0 Å². The number of carbonyl (C=O) groups is 2. The van der Waals surface area contributed by atoms with E-state index in [0.717, 1.165) is 5.56 Å². The molecule has 0 aliphatic carbocycles. The highest BCUT2D eigenvalue weighted by molar-refractivity contribution is 6.31. The molecule has 2 aromatic carbocycles. The molecule has 0 radical (unpaired) electrons. The Bertz CT molecular complexity index is 1020. The number of amides is 2. The Labute approximate surface area is 179 Å². The average Bonchev–Trinajstić information content (AvgIpc) is 3.16. The molecule has 29 heavy (non-hydrogen) atoms. The Morgan fingerprint density at radius 2 is 1.41 bits per heavy atom. The van der Waals surface area contributed by atoms with Crippen LogP contribution in [0, 0.1) is 0 Å². The highest BCUT2D eigenvalue weighted by Gasteiger charge is 2.30. The molecule has 0 atom stereocenters. The minimum Gasteiger partial charge on any atom is -0.451 e. The number of hydrazine groups is 1. The molecule has 0 aliphatic rings. The molecule has 0 saturated heterocycles. The van der Waals surface area contributed by atoms with Gasteiger partial charge in [-0.3, -0.25) is 15.0 Å². The first-order chi connectivity index (χ1) is 13.6. The van der Waals surface area contributed by atoms with Crippen LogP contribution < -0.4 is 5.43 Å². The normalized spacial score (nSPS) is 11.2. The summed E-state index contributed by atoms with van der Waals surface area (Å²) in [6.07, 6.45) is 0. The Kier molecular flexibility index (Phi) is 6.01. The maximum absolute atomic E-state index is 13.0. The van der Waals surface area contributed by atoms with Crippen LogP contribution in [-0.4, -0.2) is 22.4 Å². The molecule has 0 fully saturated rings. The van der Waals surface area contributed by atoms with Crippen LogP contribution in [0.4, 0.5) is 0 Å². The zero-order valence-corrected chi connectivity index (χ0v) is 17.7. The molecule has 1 aromatic heterocycles. The molecule has 0 bridgehead atoms. The summed E-state index contributed by atoms with van der Waals surface area (Å²) < 4.78 is 5.68. The van der Waals surface area contributed by atoms with Crippen molar-refractivity contribution in [3.05, 3.63) is 82.0 Å². The first kappa shape index (κ1) is 21.0. The molecule has 1 N–H and O–H groups in total. The van der Waals surface area contributed by atoms with Crippen LogP contribution in [0.2, 0.25) is 10.0 Å². The van der Waals surface area contributed by atoms with Crippen molar-refractivity contribution >= 4 is 35.0 Å². The van der Waals surface area contributed by atoms with Crippen LogP contribution in [0.15, 0.2) is 65.1 Å². The first-order valence-corrected chi connectivity index (χ1v) is 9.67. The van der Waals surface area contributed by atoms with Crippen LogP contribution in [0.5, 0.6) is 0 Å². The van der Waals surface area contributed by atoms with Gasteiger partial charge in [0.25, 0.3) is 5.91 Å². The Morgan fingerprint density at radius 1 is 0.862 bits per heavy atom. The van der Waals surface area contributed by atoms with E-state index < -0.39 is 11.4 Å².